The molecule has 2 N–H and O–H groups in total. The largest absolute Gasteiger partial charge is 0.478 e. The van der Waals surface area contributed by atoms with Crippen molar-refractivity contribution in [3.63, 3.8) is 0 Å². The number of hydrogen-bond donors (Lipinski definition) is 2. The van der Waals surface area contributed by atoms with Gasteiger partial charge in [0.2, 0.25) is 0 Å². The summed E-state index contributed by atoms with van der Waals surface area (Å²) < 4.78 is 19.8. The summed E-state index contributed by atoms with van der Waals surface area (Å²) in [6, 6.07) is 17.1. The molecule has 4 rings (SSSR count). The summed E-state index contributed by atoms with van der Waals surface area (Å²) in [6.45, 7) is 3.74. The molecule has 0 aliphatic rings. The minimum absolute atomic E-state index is 0.146. The topological polar surface area (TPSA) is 79.5 Å². The van der Waals surface area contributed by atoms with Gasteiger partial charge in [-0.15, -0.1) is 0 Å². The van der Waals surface area contributed by atoms with Crippen LogP contribution in [-0.2, 0) is 0 Å². The van der Waals surface area contributed by atoms with E-state index in [1.807, 2.05) is 19.9 Å². The molecule has 1 atom stereocenters. The fraction of sp³-hybridized carbons (Fsp3) is 0.120. The summed E-state index contributed by atoms with van der Waals surface area (Å²) in [4.78, 5) is 24.4. The molecule has 0 fully saturated rings. The van der Waals surface area contributed by atoms with E-state index in [1.165, 1.54) is 24.3 Å². The van der Waals surface area contributed by atoms with Gasteiger partial charge in [0.1, 0.15) is 17.2 Å². The second kappa shape index (κ2) is 8.07. The molecule has 0 amide bonds. The predicted octanol–water partition coefficient (Wildman–Crippen LogP) is 5.78. The number of halogens is 1. The Morgan fingerprint density at radius 2 is 1.84 bits per heavy atom. The van der Waals surface area contributed by atoms with Crippen LogP contribution in [0.5, 0.6) is 0 Å². The van der Waals surface area contributed by atoms with Gasteiger partial charge in [-0.1, -0.05) is 30.3 Å². The van der Waals surface area contributed by atoms with Crippen molar-refractivity contribution in [2.24, 2.45) is 0 Å². The van der Waals surface area contributed by atoms with Crippen molar-refractivity contribution in [3.05, 3.63) is 99.5 Å². The molecule has 6 heteroatoms. The molecule has 0 bridgehead atoms. The third-order valence-electron chi connectivity index (χ3n) is 5.11. The first kappa shape index (κ1) is 20.3. The average Bonchev–Trinajstić information content (AvgIpc) is 2.74. The van der Waals surface area contributed by atoms with Crippen molar-refractivity contribution in [2.75, 3.05) is 5.32 Å². The Balaban J connectivity index is 1.85. The van der Waals surface area contributed by atoms with Crippen molar-refractivity contribution in [3.8, 4) is 11.3 Å². The number of aromatic carboxylic acids is 1. The van der Waals surface area contributed by atoms with Crippen LogP contribution in [0.25, 0.3) is 22.3 Å². The molecule has 1 unspecified atom stereocenters. The van der Waals surface area contributed by atoms with Gasteiger partial charge in [-0.05, 0) is 49.7 Å². The highest BCUT2D eigenvalue weighted by molar-refractivity contribution is 5.94. The van der Waals surface area contributed by atoms with E-state index in [2.05, 4.69) is 5.32 Å². The van der Waals surface area contributed by atoms with E-state index in [4.69, 9.17) is 4.42 Å². The van der Waals surface area contributed by atoms with E-state index >= 15 is 0 Å². The minimum Gasteiger partial charge on any atom is -0.478 e. The fourth-order valence-electron chi connectivity index (χ4n) is 3.65. The molecule has 0 saturated carbocycles. The van der Waals surface area contributed by atoms with Gasteiger partial charge in [0.05, 0.1) is 17.0 Å². The zero-order valence-corrected chi connectivity index (χ0v) is 17.0. The minimum atomic E-state index is -1.04. The Bertz CT molecular complexity index is 1360. The summed E-state index contributed by atoms with van der Waals surface area (Å²) in [5, 5.41) is 13.1. The smallest absolute Gasteiger partial charge is 0.337 e. The van der Waals surface area contributed by atoms with Gasteiger partial charge in [0, 0.05) is 22.9 Å². The molecule has 1 heterocycles. The Morgan fingerprint density at radius 3 is 2.58 bits per heavy atom. The molecule has 31 heavy (non-hydrogen) atoms. The number of carboxylic acids is 1. The van der Waals surface area contributed by atoms with Crippen molar-refractivity contribution in [2.45, 2.75) is 19.9 Å². The van der Waals surface area contributed by atoms with E-state index in [0.717, 1.165) is 5.56 Å². The lowest BCUT2D eigenvalue weighted by molar-refractivity contribution is 0.0698. The standard InChI is InChI=1S/C25H20FNO4/c1-14-10-19(15(2)27-21-9-4-3-8-18(21)25(29)30)24-20(11-14)22(28)13-23(31-24)16-6-5-7-17(26)12-16/h3-13,15,27H,1-2H3,(H,29,30). The molecule has 156 valence electrons. The van der Waals surface area contributed by atoms with Gasteiger partial charge in [-0.2, -0.15) is 0 Å². The van der Waals surface area contributed by atoms with Gasteiger partial charge in [0.25, 0.3) is 0 Å². The van der Waals surface area contributed by atoms with Crippen molar-refractivity contribution in [1.29, 1.82) is 0 Å². The van der Waals surface area contributed by atoms with E-state index < -0.39 is 11.8 Å². The molecule has 3 aromatic carbocycles. The van der Waals surface area contributed by atoms with E-state index in [9.17, 15) is 19.1 Å². The third kappa shape index (κ3) is 4.05. The Hall–Kier alpha value is -3.93. The van der Waals surface area contributed by atoms with Crippen molar-refractivity contribution in [1.82, 2.24) is 0 Å². The zero-order chi connectivity index (χ0) is 22.1. The number of anilines is 1. The van der Waals surface area contributed by atoms with E-state index in [0.29, 0.717) is 27.8 Å². The van der Waals surface area contributed by atoms with Crippen molar-refractivity contribution < 1.29 is 18.7 Å². The Kier molecular flexibility index (Phi) is 5.29. The van der Waals surface area contributed by atoms with Crippen LogP contribution in [0, 0.1) is 12.7 Å². The normalized spacial score (nSPS) is 12.0. The Labute approximate surface area is 177 Å². The number of aryl methyl sites for hydroxylation is 1. The van der Waals surface area contributed by atoms with Crippen molar-refractivity contribution >= 4 is 22.6 Å². The number of fused-ring (bicyclic) bond motifs is 1. The second-order valence-electron chi connectivity index (χ2n) is 7.43. The van der Waals surface area contributed by atoms with Crippen LogP contribution in [0.4, 0.5) is 10.1 Å². The molecular formula is C25H20FNO4. The lowest BCUT2D eigenvalue weighted by Crippen LogP contribution is -2.12. The first-order valence-corrected chi connectivity index (χ1v) is 9.76. The van der Waals surface area contributed by atoms with Crippen LogP contribution in [-0.4, -0.2) is 11.1 Å². The maximum atomic E-state index is 13.7. The molecule has 1 aromatic heterocycles. The zero-order valence-electron chi connectivity index (χ0n) is 17.0. The molecule has 5 nitrogen and oxygen atoms in total. The fourth-order valence-corrected chi connectivity index (χ4v) is 3.65. The Morgan fingerprint density at radius 1 is 1.06 bits per heavy atom. The number of rotatable bonds is 5. The van der Waals surface area contributed by atoms with Gasteiger partial charge >= 0.3 is 5.97 Å². The quantitative estimate of drug-likeness (QED) is 0.430. The molecule has 4 aromatic rings. The summed E-state index contributed by atoms with van der Waals surface area (Å²) in [7, 11) is 0. The summed E-state index contributed by atoms with van der Waals surface area (Å²) >= 11 is 0. The molecule has 0 saturated heterocycles. The van der Waals surface area contributed by atoms with E-state index in [-0.39, 0.29) is 22.8 Å². The summed E-state index contributed by atoms with van der Waals surface area (Å²) in [5.41, 5.74) is 2.78. The highest BCUT2D eigenvalue weighted by Crippen LogP contribution is 2.31. The number of nitrogens with one attached hydrogen (secondary N) is 1. The van der Waals surface area contributed by atoms with Crippen LogP contribution < -0.4 is 10.7 Å². The third-order valence-corrected chi connectivity index (χ3v) is 5.11. The van der Waals surface area contributed by atoms with Crippen LogP contribution >= 0.6 is 0 Å². The number of carboxylic acid groups (broad SMARTS) is 1. The number of para-hydroxylation sites is 1. The number of carbonyl (C=O) groups is 1. The second-order valence-corrected chi connectivity index (χ2v) is 7.43. The summed E-state index contributed by atoms with van der Waals surface area (Å²) in [5.74, 6) is -1.20. The highest BCUT2D eigenvalue weighted by atomic mass is 19.1. The average molecular weight is 417 g/mol. The molecule has 0 aliphatic heterocycles. The SMILES string of the molecule is Cc1cc(C(C)Nc2ccccc2C(=O)O)c2oc(-c3cccc(F)c3)cc(=O)c2c1. The maximum absolute atomic E-state index is 13.7. The molecule has 0 spiro atoms. The van der Waals surface area contributed by atoms with Gasteiger partial charge < -0.3 is 14.8 Å². The lowest BCUT2D eigenvalue weighted by Gasteiger charge is -2.19. The lowest BCUT2D eigenvalue weighted by atomic mass is 10.00. The van der Waals surface area contributed by atoms with Crippen LogP contribution in [0.2, 0.25) is 0 Å². The molecular weight excluding hydrogens is 397 g/mol. The number of benzene rings is 3. The first-order chi connectivity index (χ1) is 14.8. The number of hydrogen-bond acceptors (Lipinski definition) is 4. The van der Waals surface area contributed by atoms with Gasteiger partial charge in [0.15, 0.2) is 5.43 Å². The first-order valence-electron chi connectivity index (χ1n) is 9.76. The van der Waals surface area contributed by atoms with Gasteiger partial charge in [-0.25, -0.2) is 9.18 Å². The highest BCUT2D eigenvalue weighted by Gasteiger charge is 2.18. The predicted molar refractivity (Wildman–Crippen MR) is 118 cm³/mol. The molecule has 0 aliphatic carbocycles. The summed E-state index contributed by atoms with van der Waals surface area (Å²) in [6.07, 6.45) is 0. The monoisotopic (exact) mass is 417 g/mol. The van der Waals surface area contributed by atoms with Crippen LogP contribution in [0.3, 0.4) is 0 Å². The van der Waals surface area contributed by atoms with Gasteiger partial charge in [-0.3, -0.25) is 4.79 Å². The molecule has 0 radical (unpaired) electrons. The van der Waals surface area contributed by atoms with Crippen LogP contribution in [0.15, 0.2) is 75.9 Å². The van der Waals surface area contributed by atoms with Crippen LogP contribution in [0.1, 0.15) is 34.5 Å². The maximum Gasteiger partial charge on any atom is 0.337 e. The van der Waals surface area contributed by atoms with E-state index in [1.54, 1.807) is 36.4 Å².